The van der Waals surface area contributed by atoms with E-state index in [1.54, 1.807) is 0 Å². The summed E-state index contributed by atoms with van der Waals surface area (Å²) in [6, 6.07) is 20.5. The maximum absolute atomic E-state index is 9.26. The Bertz CT molecular complexity index is 620. The molecule has 1 fully saturated rings. The van der Waals surface area contributed by atoms with Crippen LogP contribution in [0, 0.1) is 0 Å². The van der Waals surface area contributed by atoms with Crippen LogP contribution in [0.4, 0.5) is 5.69 Å². The van der Waals surface area contributed by atoms with E-state index in [2.05, 4.69) is 45.3 Å². The van der Waals surface area contributed by atoms with E-state index in [1.165, 1.54) is 5.69 Å². The van der Waals surface area contributed by atoms with Gasteiger partial charge in [0.1, 0.15) is 0 Å². The first kappa shape index (κ1) is 15.6. The summed E-state index contributed by atoms with van der Waals surface area (Å²) in [5.41, 5.74) is 3.06. The zero-order chi connectivity index (χ0) is 15.9. The van der Waals surface area contributed by atoms with Gasteiger partial charge in [-0.1, -0.05) is 53.7 Å². The topological polar surface area (TPSA) is 39.1 Å². The average Bonchev–Trinajstić information content (AvgIpc) is 2.64. The molecule has 0 aromatic heterocycles. The van der Waals surface area contributed by atoms with Crippen molar-refractivity contribution < 1.29 is 5.21 Å². The van der Waals surface area contributed by atoms with E-state index in [0.29, 0.717) is 0 Å². The Morgan fingerprint density at radius 2 is 1.48 bits per heavy atom. The molecule has 0 bridgehead atoms. The van der Waals surface area contributed by atoms with Crippen molar-refractivity contribution in [3.63, 3.8) is 0 Å². The number of piperazine rings is 1. The van der Waals surface area contributed by atoms with Gasteiger partial charge >= 0.3 is 0 Å². The Morgan fingerprint density at radius 1 is 0.870 bits per heavy atom. The zero-order valence-corrected chi connectivity index (χ0v) is 13.3. The monoisotopic (exact) mass is 309 g/mol. The second-order valence-corrected chi connectivity index (χ2v) is 5.83. The van der Waals surface area contributed by atoms with Crippen LogP contribution >= 0.6 is 0 Å². The first-order valence-corrected chi connectivity index (χ1v) is 8.15. The quantitative estimate of drug-likeness (QED) is 0.524. The zero-order valence-electron chi connectivity index (χ0n) is 13.3. The molecule has 23 heavy (non-hydrogen) atoms. The smallest absolute Gasteiger partial charge is 0.0880 e. The molecule has 4 heteroatoms. The molecule has 0 radical (unpaired) electrons. The summed E-state index contributed by atoms with van der Waals surface area (Å²) < 4.78 is 0. The van der Waals surface area contributed by atoms with Crippen molar-refractivity contribution in [1.29, 1.82) is 0 Å². The molecule has 0 aliphatic carbocycles. The standard InChI is InChI=1S/C19H23N3O/c23-20-19(17-7-3-1-4-8-17)11-12-21-13-15-22(16-14-21)18-9-5-2-6-10-18/h1-10,23H,11-16H2/b20-19-. The molecule has 3 rings (SSSR count). The van der Waals surface area contributed by atoms with Gasteiger partial charge in [0, 0.05) is 44.8 Å². The van der Waals surface area contributed by atoms with Gasteiger partial charge in [0.15, 0.2) is 0 Å². The van der Waals surface area contributed by atoms with Gasteiger partial charge in [-0.05, 0) is 17.7 Å². The SMILES string of the molecule is O/N=C(/CCN1CCN(c2ccccc2)CC1)c1ccccc1. The minimum atomic E-state index is 0.760. The van der Waals surface area contributed by atoms with Crippen molar-refractivity contribution in [3.8, 4) is 0 Å². The maximum Gasteiger partial charge on any atom is 0.0880 e. The highest BCUT2D eigenvalue weighted by atomic mass is 16.4. The van der Waals surface area contributed by atoms with E-state index in [9.17, 15) is 5.21 Å². The molecule has 2 aromatic carbocycles. The lowest BCUT2D eigenvalue weighted by Crippen LogP contribution is -2.46. The van der Waals surface area contributed by atoms with Crippen LogP contribution in [-0.2, 0) is 0 Å². The summed E-state index contributed by atoms with van der Waals surface area (Å²) in [7, 11) is 0. The molecule has 0 saturated carbocycles. The lowest BCUT2D eigenvalue weighted by Gasteiger charge is -2.36. The van der Waals surface area contributed by atoms with Crippen LogP contribution in [0.1, 0.15) is 12.0 Å². The number of oxime groups is 1. The minimum absolute atomic E-state index is 0.760. The second-order valence-electron chi connectivity index (χ2n) is 5.83. The Morgan fingerprint density at radius 3 is 2.09 bits per heavy atom. The van der Waals surface area contributed by atoms with Gasteiger partial charge in [0.25, 0.3) is 0 Å². The first-order valence-electron chi connectivity index (χ1n) is 8.15. The summed E-state index contributed by atoms with van der Waals surface area (Å²) in [4.78, 5) is 4.86. The molecular weight excluding hydrogens is 286 g/mol. The van der Waals surface area contributed by atoms with Crippen LogP contribution in [0.2, 0.25) is 0 Å². The van der Waals surface area contributed by atoms with Crippen LogP contribution < -0.4 is 4.90 Å². The molecule has 1 aliphatic heterocycles. The first-order chi connectivity index (χ1) is 11.4. The predicted molar refractivity (Wildman–Crippen MR) is 94.5 cm³/mol. The third-order valence-electron chi connectivity index (χ3n) is 4.39. The van der Waals surface area contributed by atoms with Crippen LogP contribution in [0.25, 0.3) is 0 Å². The van der Waals surface area contributed by atoms with Crippen molar-refractivity contribution in [2.45, 2.75) is 6.42 Å². The molecule has 1 heterocycles. The summed E-state index contributed by atoms with van der Waals surface area (Å²) in [6.07, 6.45) is 0.770. The van der Waals surface area contributed by atoms with Crippen LogP contribution in [0.3, 0.4) is 0 Å². The number of hydrogen-bond acceptors (Lipinski definition) is 4. The van der Waals surface area contributed by atoms with Gasteiger partial charge in [0.05, 0.1) is 5.71 Å². The summed E-state index contributed by atoms with van der Waals surface area (Å²) in [6.45, 7) is 5.10. The van der Waals surface area contributed by atoms with Crippen molar-refractivity contribution in [2.24, 2.45) is 5.16 Å². The maximum atomic E-state index is 9.26. The fourth-order valence-electron chi connectivity index (χ4n) is 3.02. The van der Waals surface area contributed by atoms with E-state index < -0.39 is 0 Å². The van der Waals surface area contributed by atoms with Crippen LogP contribution in [-0.4, -0.2) is 48.5 Å². The van der Waals surface area contributed by atoms with Crippen molar-refractivity contribution in [3.05, 3.63) is 66.2 Å². The van der Waals surface area contributed by atoms with Gasteiger partial charge in [-0.25, -0.2) is 0 Å². The average molecular weight is 309 g/mol. The van der Waals surface area contributed by atoms with Gasteiger partial charge in [-0.15, -0.1) is 0 Å². The summed E-state index contributed by atoms with van der Waals surface area (Å²) in [5.74, 6) is 0. The van der Waals surface area contributed by atoms with E-state index in [4.69, 9.17) is 0 Å². The van der Waals surface area contributed by atoms with E-state index in [0.717, 1.165) is 50.4 Å². The Hall–Kier alpha value is -2.33. The van der Waals surface area contributed by atoms with Gasteiger partial charge in [0.2, 0.25) is 0 Å². The third-order valence-corrected chi connectivity index (χ3v) is 4.39. The molecule has 1 saturated heterocycles. The Balaban J connectivity index is 1.49. The molecule has 0 atom stereocenters. The molecule has 1 N–H and O–H groups in total. The van der Waals surface area contributed by atoms with Crippen molar-refractivity contribution in [2.75, 3.05) is 37.6 Å². The molecule has 120 valence electrons. The largest absolute Gasteiger partial charge is 0.411 e. The van der Waals surface area contributed by atoms with Crippen LogP contribution in [0.5, 0.6) is 0 Å². The summed E-state index contributed by atoms with van der Waals surface area (Å²) >= 11 is 0. The highest BCUT2D eigenvalue weighted by molar-refractivity contribution is 6.00. The fraction of sp³-hybridized carbons (Fsp3) is 0.316. The Labute approximate surface area is 137 Å². The molecule has 0 amide bonds. The third kappa shape index (κ3) is 4.11. The van der Waals surface area contributed by atoms with E-state index in [-0.39, 0.29) is 0 Å². The normalized spacial score (nSPS) is 16.5. The number of benzene rings is 2. The van der Waals surface area contributed by atoms with E-state index in [1.807, 2.05) is 30.3 Å². The molecule has 4 nitrogen and oxygen atoms in total. The number of anilines is 1. The highest BCUT2D eigenvalue weighted by Gasteiger charge is 2.17. The molecule has 0 unspecified atom stereocenters. The highest BCUT2D eigenvalue weighted by Crippen LogP contribution is 2.16. The lowest BCUT2D eigenvalue weighted by molar-refractivity contribution is 0.262. The lowest BCUT2D eigenvalue weighted by atomic mass is 10.1. The number of rotatable bonds is 5. The molecule has 1 aliphatic rings. The van der Waals surface area contributed by atoms with E-state index >= 15 is 0 Å². The molecule has 2 aromatic rings. The predicted octanol–water partition coefficient (Wildman–Crippen LogP) is 3.08. The number of nitrogens with zero attached hydrogens (tertiary/aromatic N) is 3. The second kappa shape index (κ2) is 7.79. The van der Waals surface area contributed by atoms with Crippen molar-refractivity contribution in [1.82, 2.24) is 4.90 Å². The molecule has 0 spiro atoms. The number of hydrogen-bond donors (Lipinski definition) is 1. The summed E-state index contributed by atoms with van der Waals surface area (Å²) in [5, 5.41) is 12.7. The fourth-order valence-corrected chi connectivity index (χ4v) is 3.02. The minimum Gasteiger partial charge on any atom is -0.411 e. The molecular formula is C19H23N3O. The number of para-hydroxylation sites is 1. The van der Waals surface area contributed by atoms with Crippen LogP contribution in [0.15, 0.2) is 65.8 Å². The van der Waals surface area contributed by atoms with Crippen molar-refractivity contribution >= 4 is 11.4 Å². The Kier molecular flexibility index (Phi) is 5.27. The van der Waals surface area contributed by atoms with Gasteiger partial charge in [-0.2, -0.15) is 0 Å². The van der Waals surface area contributed by atoms with Gasteiger partial charge < -0.3 is 10.1 Å². The van der Waals surface area contributed by atoms with Gasteiger partial charge in [-0.3, -0.25) is 4.90 Å².